The minimum Gasteiger partial charge on any atom is -0.461 e. The van der Waals surface area contributed by atoms with Gasteiger partial charge in [-0.1, -0.05) is 15.0 Å². The molecular weight excluding hydrogens is 416 g/mol. The van der Waals surface area contributed by atoms with Gasteiger partial charge in [-0.15, -0.1) is 10.2 Å². The molecule has 0 saturated heterocycles. The SMILES string of the molecule is CCOC(=O)c1nnsc1Nc1ccc(C)cc1Nc1snnc1C(=O)OCC. The minimum absolute atomic E-state index is 0.107. The zero-order valence-corrected chi connectivity index (χ0v) is 17.5. The summed E-state index contributed by atoms with van der Waals surface area (Å²) < 4.78 is 17.7. The molecule has 0 aliphatic carbocycles. The van der Waals surface area contributed by atoms with Gasteiger partial charge in [0.25, 0.3) is 0 Å². The van der Waals surface area contributed by atoms with E-state index in [0.29, 0.717) is 21.4 Å². The summed E-state index contributed by atoms with van der Waals surface area (Å²) in [5, 5.41) is 14.9. The lowest BCUT2D eigenvalue weighted by Gasteiger charge is -2.13. The molecule has 10 nitrogen and oxygen atoms in total. The molecule has 0 radical (unpaired) electrons. The number of aryl methyl sites for hydroxylation is 1. The molecule has 0 atom stereocenters. The molecule has 152 valence electrons. The fraction of sp³-hybridized carbons (Fsp3) is 0.294. The number of carbonyl (C=O) groups is 2. The number of benzene rings is 1. The van der Waals surface area contributed by atoms with E-state index in [4.69, 9.17) is 9.47 Å². The van der Waals surface area contributed by atoms with Crippen LogP contribution < -0.4 is 10.6 Å². The number of esters is 2. The molecule has 2 aromatic heterocycles. The summed E-state index contributed by atoms with van der Waals surface area (Å²) in [4.78, 5) is 24.1. The molecule has 0 aliphatic rings. The van der Waals surface area contributed by atoms with Crippen LogP contribution >= 0.6 is 23.1 Å². The molecule has 0 bridgehead atoms. The van der Waals surface area contributed by atoms with Crippen LogP contribution in [-0.2, 0) is 9.47 Å². The van der Waals surface area contributed by atoms with Crippen molar-refractivity contribution >= 4 is 56.4 Å². The molecule has 3 aromatic rings. The number of aromatic nitrogens is 4. The van der Waals surface area contributed by atoms with Crippen LogP contribution in [0.1, 0.15) is 40.4 Å². The maximum Gasteiger partial charge on any atom is 0.362 e. The number of ether oxygens (including phenoxy) is 2. The number of nitrogens with one attached hydrogen (secondary N) is 2. The predicted molar refractivity (Wildman–Crippen MR) is 109 cm³/mol. The number of rotatable bonds is 8. The highest BCUT2D eigenvalue weighted by atomic mass is 32.1. The zero-order chi connectivity index (χ0) is 20.8. The summed E-state index contributed by atoms with van der Waals surface area (Å²) in [6.07, 6.45) is 0. The van der Waals surface area contributed by atoms with E-state index < -0.39 is 11.9 Å². The van der Waals surface area contributed by atoms with Gasteiger partial charge in [-0.2, -0.15) is 0 Å². The maximum atomic E-state index is 12.1. The third kappa shape index (κ3) is 4.84. The standard InChI is InChI=1S/C17H18N6O4S2/c1-4-26-16(24)12-14(28-22-20-12)18-10-7-6-9(3)8-11(10)19-15-13(21-23-29-15)17(25)27-5-2/h6-8,18-19H,4-5H2,1-3H3. The summed E-state index contributed by atoms with van der Waals surface area (Å²) in [6, 6.07) is 5.63. The van der Waals surface area contributed by atoms with E-state index in [1.165, 1.54) is 0 Å². The van der Waals surface area contributed by atoms with Crippen molar-refractivity contribution in [3.05, 3.63) is 35.2 Å². The lowest BCUT2D eigenvalue weighted by atomic mass is 10.2. The Morgan fingerprint density at radius 2 is 1.41 bits per heavy atom. The van der Waals surface area contributed by atoms with Crippen LogP contribution in [0.15, 0.2) is 18.2 Å². The van der Waals surface area contributed by atoms with Gasteiger partial charge in [0.1, 0.15) is 10.0 Å². The molecular formula is C17H18N6O4S2. The van der Waals surface area contributed by atoms with Crippen LogP contribution in [0.3, 0.4) is 0 Å². The summed E-state index contributed by atoms with van der Waals surface area (Å²) in [5.41, 5.74) is 2.51. The van der Waals surface area contributed by atoms with E-state index in [0.717, 1.165) is 28.6 Å². The van der Waals surface area contributed by atoms with Gasteiger partial charge in [-0.05, 0) is 38.5 Å². The third-order valence-corrected chi connectivity index (χ3v) is 4.87. The van der Waals surface area contributed by atoms with Crippen LogP contribution in [-0.4, -0.2) is 44.3 Å². The van der Waals surface area contributed by atoms with Crippen LogP contribution in [0.25, 0.3) is 0 Å². The van der Waals surface area contributed by atoms with E-state index >= 15 is 0 Å². The van der Waals surface area contributed by atoms with Gasteiger partial charge in [0, 0.05) is 23.1 Å². The highest BCUT2D eigenvalue weighted by molar-refractivity contribution is 7.10. The Balaban J connectivity index is 1.89. The van der Waals surface area contributed by atoms with Gasteiger partial charge >= 0.3 is 11.9 Å². The molecule has 29 heavy (non-hydrogen) atoms. The van der Waals surface area contributed by atoms with Crippen molar-refractivity contribution < 1.29 is 19.1 Å². The quantitative estimate of drug-likeness (QED) is 0.508. The first-order valence-electron chi connectivity index (χ1n) is 8.67. The second kappa shape index (κ2) is 9.39. The molecule has 12 heteroatoms. The zero-order valence-electron chi connectivity index (χ0n) is 15.9. The average molecular weight is 435 g/mol. The van der Waals surface area contributed by atoms with Gasteiger partial charge in [0.15, 0.2) is 0 Å². The topological polar surface area (TPSA) is 128 Å². The highest BCUT2D eigenvalue weighted by Gasteiger charge is 2.21. The van der Waals surface area contributed by atoms with Crippen molar-refractivity contribution in [2.24, 2.45) is 0 Å². The second-order valence-electron chi connectivity index (χ2n) is 5.64. The Morgan fingerprint density at radius 1 is 0.897 bits per heavy atom. The summed E-state index contributed by atoms with van der Waals surface area (Å²) in [5.74, 6) is -1.11. The van der Waals surface area contributed by atoms with Crippen LogP contribution in [0, 0.1) is 6.92 Å². The van der Waals surface area contributed by atoms with E-state index in [1.807, 2.05) is 25.1 Å². The Kier molecular flexibility index (Phi) is 6.67. The van der Waals surface area contributed by atoms with Gasteiger partial charge in [-0.25, -0.2) is 9.59 Å². The number of anilines is 4. The first kappa shape index (κ1) is 20.6. The van der Waals surface area contributed by atoms with E-state index in [1.54, 1.807) is 13.8 Å². The molecule has 0 spiro atoms. The number of hydrogen-bond donors (Lipinski definition) is 2. The number of nitrogens with zero attached hydrogens (tertiary/aromatic N) is 4. The summed E-state index contributed by atoms with van der Waals surface area (Å²) in [7, 11) is 0. The Bertz CT molecular complexity index is 1020. The molecule has 0 saturated carbocycles. The van der Waals surface area contributed by atoms with Crippen molar-refractivity contribution in [3.8, 4) is 0 Å². The molecule has 2 N–H and O–H groups in total. The third-order valence-electron chi connectivity index (χ3n) is 3.59. The molecule has 3 rings (SSSR count). The van der Waals surface area contributed by atoms with Crippen molar-refractivity contribution in [2.45, 2.75) is 20.8 Å². The smallest absolute Gasteiger partial charge is 0.362 e. The first-order chi connectivity index (χ1) is 14.0. The maximum absolute atomic E-state index is 12.1. The Hall–Kier alpha value is -3.12. The summed E-state index contributed by atoms with van der Waals surface area (Å²) >= 11 is 2.08. The Labute approximate surface area is 174 Å². The van der Waals surface area contributed by atoms with Gasteiger partial charge in [0.2, 0.25) is 11.4 Å². The number of carbonyl (C=O) groups excluding carboxylic acids is 2. The van der Waals surface area contributed by atoms with Gasteiger partial charge < -0.3 is 20.1 Å². The highest BCUT2D eigenvalue weighted by Crippen LogP contribution is 2.33. The normalized spacial score (nSPS) is 10.4. The van der Waals surface area contributed by atoms with Crippen molar-refractivity contribution in [1.82, 2.24) is 19.2 Å². The van der Waals surface area contributed by atoms with Crippen molar-refractivity contribution in [1.29, 1.82) is 0 Å². The fourth-order valence-electron chi connectivity index (χ4n) is 2.33. The predicted octanol–water partition coefficient (Wildman–Crippen LogP) is 3.54. The van der Waals surface area contributed by atoms with E-state index in [2.05, 4.69) is 29.8 Å². The van der Waals surface area contributed by atoms with E-state index in [9.17, 15) is 9.59 Å². The second-order valence-corrected chi connectivity index (χ2v) is 7.15. The fourth-order valence-corrected chi connectivity index (χ4v) is 3.47. The monoisotopic (exact) mass is 434 g/mol. The molecule has 0 fully saturated rings. The first-order valence-corrected chi connectivity index (χ1v) is 10.2. The van der Waals surface area contributed by atoms with Crippen LogP contribution in [0.2, 0.25) is 0 Å². The van der Waals surface area contributed by atoms with Crippen LogP contribution in [0.5, 0.6) is 0 Å². The number of hydrogen-bond acceptors (Lipinski definition) is 12. The van der Waals surface area contributed by atoms with Gasteiger partial charge in [-0.3, -0.25) is 0 Å². The largest absolute Gasteiger partial charge is 0.461 e. The van der Waals surface area contributed by atoms with Crippen molar-refractivity contribution in [2.75, 3.05) is 23.8 Å². The van der Waals surface area contributed by atoms with Gasteiger partial charge in [0.05, 0.1) is 24.6 Å². The minimum atomic E-state index is -0.554. The molecule has 0 aliphatic heterocycles. The Morgan fingerprint density at radius 3 is 1.93 bits per heavy atom. The molecule has 1 aromatic carbocycles. The van der Waals surface area contributed by atoms with Crippen molar-refractivity contribution in [3.63, 3.8) is 0 Å². The average Bonchev–Trinajstić information content (AvgIpc) is 3.34. The van der Waals surface area contributed by atoms with E-state index in [-0.39, 0.29) is 24.6 Å². The lowest BCUT2D eigenvalue weighted by molar-refractivity contribution is 0.0511. The molecule has 2 heterocycles. The molecule has 0 unspecified atom stereocenters. The molecule has 0 amide bonds. The lowest BCUT2D eigenvalue weighted by Crippen LogP contribution is -2.09. The summed E-state index contributed by atoms with van der Waals surface area (Å²) in [6.45, 7) is 5.85. The van der Waals surface area contributed by atoms with Crippen LogP contribution in [0.4, 0.5) is 21.4 Å².